The molecule has 2 rings (SSSR count). The number of benzene rings is 1. The van der Waals surface area contributed by atoms with Crippen molar-refractivity contribution < 1.29 is 4.55 Å². The van der Waals surface area contributed by atoms with E-state index in [9.17, 15) is 4.55 Å². The molecule has 0 aromatic heterocycles. The molecule has 1 aromatic rings. The van der Waals surface area contributed by atoms with Gasteiger partial charge >= 0.3 is 0 Å². The van der Waals surface area contributed by atoms with Gasteiger partial charge in [-0.25, -0.2) is 4.72 Å². The summed E-state index contributed by atoms with van der Waals surface area (Å²) in [5.74, 6) is 0. The minimum absolute atomic E-state index is 0.856. The first-order chi connectivity index (χ1) is 6.79. The molecule has 72 valence electrons. The number of hydrogen-bond acceptors (Lipinski definition) is 3. The van der Waals surface area contributed by atoms with Crippen molar-refractivity contribution in [2.45, 2.75) is 4.90 Å². The Hall–Kier alpha value is -1.62. The molecule has 0 amide bonds. The van der Waals surface area contributed by atoms with Gasteiger partial charge in [-0.15, -0.1) is 5.53 Å². The second-order valence-electron chi connectivity index (χ2n) is 2.36. The van der Waals surface area contributed by atoms with Gasteiger partial charge in [0.25, 0.3) is 0 Å². The maximum absolute atomic E-state index is 11.2. The Morgan fingerprint density at radius 1 is 1.43 bits per heavy atom. The monoisotopic (exact) mass is 208 g/mol. The van der Waals surface area contributed by atoms with Crippen molar-refractivity contribution in [2.24, 2.45) is 0 Å². The molecule has 1 aliphatic heterocycles. The second-order valence-corrected chi connectivity index (χ2v) is 3.57. The molecule has 1 atom stereocenters. The Morgan fingerprint density at radius 3 is 2.71 bits per heavy atom. The Morgan fingerprint density at radius 2 is 2.07 bits per heavy atom. The molecular formula is C8H8N4OS. The average Bonchev–Trinajstić information content (AvgIpc) is 2.20. The van der Waals surface area contributed by atoms with Crippen molar-refractivity contribution in [1.29, 1.82) is 5.53 Å². The summed E-state index contributed by atoms with van der Waals surface area (Å²) in [7, 11) is 0. The van der Waals surface area contributed by atoms with Crippen molar-refractivity contribution in [3.05, 3.63) is 46.5 Å². The molecule has 6 heteroatoms. The summed E-state index contributed by atoms with van der Waals surface area (Å²) >= 11 is -1.05. The SMILES string of the molecule is [N-]=[N+]=N.[O-][S+]1NC=Cc2ccccc21. The lowest BCUT2D eigenvalue weighted by Gasteiger charge is -2.13. The fourth-order valence-electron chi connectivity index (χ4n) is 1.04. The first-order valence-electron chi connectivity index (χ1n) is 3.74. The maximum atomic E-state index is 11.2. The number of nitrogens with zero attached hydrogens (tertiary/aromatic N) is 2. The molecule has 5 nitrogen and oxygen atoms in total. The minimum Gasteiger partial charge on any atom is -0.588 e. The van der Waals surface area contributed by atoms with E-state index in [1.54, 1.807) is 11.1 Å². The van der Waals surface area contributed by atoms with E-state index in [0.29, 0.717) is 0 Å². The van der Waals surface area contributed by atoms with E-state index in [1.165, 1.54) is 0 Å². The molecule has 0 spiro atoms. The third-order valence-electron chi connectivity index (χ3n) is 1.56. The van der Waals surface area contributed by atoms with Crippen LogP contribution in [-0.2, 0) is 11.4 Å². The standard InChI is InChI=1S/C8H7NOS.HN3/c10-11-8-4-2-1-3-7(8)5-6-9-11;1-3-2/h1-6,9H;1H. The van der Waals surface area contributed by atoms with Crippen LogP contribution in [0.1, 0.15) is 5.56 Å². The van der Waals surface area contributed by atoms with Gasteiger partial charge in [-0.2, -0.15) is 0 Å². The summed E-state index contributed by atoms with van der Waals surface area (Å²) in [5.41, 5.74) is 13.3. The van der Waals surface area contributed by atoms with Crippen molar-refractivity contribution in [3.8, 4) is 0 Å². The van der Waals surface area contributed by atoms with Crippen molar-refractivity contribution in [2.75, 3.05) is 0 Å². The predicted molar refractivity (Wildman–Crippen MR) is 54.5 cm³/mol. The van der Waals surface area contributed by atoms with Crippen molar-refractivity contribution in [1.82, 2.24) is 4.72 Å². The van der Waals surface area contributed by atoms with Gasteiger partial charge in [0.1, 0.15) is 11.4 Å². The summed E-state index contributed by atoms with van der Waals surface area (Å²) in [4.78, 5) is 2.61. The van der Waals surface area contributed by atoms with E-state index in [2.05, 4.69) is 4.72 Å². The minimum atomic E-state index is -1.05. The van der Waals surface area contributed by atoms with Gasteiger partial charge in [-0.05, 0) is 28.7 Å². The molecule has 1 unspecified atom stereocenters. The highest BCUT2D eigenvalue weighted by molar-refractivity contribution is 7.89. The zero-order valence-corrected chi connectivity index (χ0v) is 7.99. The van der Waals surface area contributed by atoms with Crippen LogP contribution in [-0.4, -0.2) is 4.55 Å². The van der Waals surface area contributed by atoms with Gasteiger partial charge < -0.3 is 4.55 Å². The first-order valence-corrected chi connectivity index (χ1v) is 4.89. The fraction of sp³-hybridized carbons (Fsp3) is 0. The zero-order valence-electron chi connectivity index (χ0n) is 7.18. The van der Waals surface area contributed by atoms with Crippen LogP contribution in [0.15, 0.2) is 35.4 Å². The Labute approximate surface area is 84.2 Å². The number of hydrogen-bond donors (Lipinski definition) is 2. The average molecular weight is 208 g/mol. The fourth-order valence-corrected chi connectivity index (χ4v) is 1.91. The van der Waals surface area contributed by atoms with Gasteiger partial charge in [0, 0.05) is 11.8 Å². The van der Waals surface area contributed by atoms with E-state index < -0.39 is 11.4 Å². The molecule has 0 bridgehead atoms. The van der Waals surface area contributed by atoms with Gasteiger partial charge in [-0.1, -0.05) is 12.1 Å². The largest absolute Gasteiger partial charge is 0.588 e. The summed E-state index contributed by atoms with van der Waals surface area (Å²) in [6.45, 7) is 0. The molecule has 0 fully saturated rings. The van der Waals surface area contributed by atoms with Crippen LogP contribution in [0.5, 0.6) is 0 Å². The van der Waals surface area contributed by atoms with Crippen LogP contribution in [0.4, 0.5) is 0 Å². The summed E-state index contributed by atoms with van der Waals surface area (Å²) in [6.07, 6.45) is 3.62. The van der Waals surface area contributed by atoms with Crippen molar-refractivity contribution >= 4 is 17.4 Å². The molecule has 1 aliphatic rings. The first kappa shape index (κ1) is 10.5. The highest BCUT2D eigenvalue weighted by Crippen LogP contribution is 2.19. The normalized spacial score (nSPS) is 16.8. The van der Waals surface area contributed by atoms with Gasteiger partial charge in [0.2, 0.25) is 0 Å². The molecule has 0 saturated carbocycles. The molecule has 14 heavy (non-hydrogen) atoms. The smallest absolute Gasteiger partial charge is 0.187 e. The van der Waals surface area contributed by atoms with Crippen molar-refractivity contribution in [3.63, 3.8) is 0 Å². The summed E-state index contributed by atoms with van der Waals surface area (Å²) in [5, 5.41) is 0. The zero-order chi connectivity index (χ0) is 10.4. The lowest BCUT2D eigenvalue weighted by atomic mass is 10.2. The third kappa shape index (κ3) is 2.43. The van der Waals surface area contributed by atoms with E-state index in [-0.39, 0.29) is 0 Å². The third-order valence-corrected chi connectivity index (χ3v) is 2.68. The molecule has 0 aliphatic carbocycles. The molecule has 0 radical (unpaired) electrons. The summed E-state index contributed by atoms with van der Waals surface area (Å²) in [6, 6.07) is 7.63. The van der Waals surface area contributed by atoms with E-state index in [0.717, 1.165) is 10.5 Å². The lowest BCUT2D eigenvalue weighted by Crippen LogP contribution is -2.21. The Kier molecular flexibility index (Phi) is 3.87. The van der Waals surface area contributed by atoms with E-state index in [1.807, 2.05) is 30.3 Å². The number of fused-ring (bicyclic) bond motifs is 1. The van der Waals surface area contributed by atoms with Crippen LogP contribution in [0.25, 0.3) is 16.5 Å². The highest BCUT2D eigenvalue weighted by atomic mass is 32.2. The van der Waals surface area contributed by atoms with Crippen LogP contribution >= 0.6 is 0 Å². The van der Waals surface area contributed by atoms with Gasteiger partial charge in [-0.3, -0.25) is 0 Å². The topological polar surface area (TPSA) is 95.3 Å². The second kappa shape index (κ2) is 5.18. The van der Waals surface area contributed by atoms with E-state index in [4.69, 9.17) is 11.1 Å². The van der Waals surface area contributed by atoms with Gasteiger partial charge in [0.15, 0.2) is 4.90 Å². The summed E-state index contributed by atoms with van der Waals surface area (Å²) < 4.78 is 14.0. The Bertz CT molecular complexity index is 373. The van der Waals surface area contributed by atoms with Crippen LogP contribution in [0.2, 0.25) is 0 Å². The van der Waals surface area contributed by atoms with Gasteiger partial charge in [0.05, 0.1) is 0 Å². The molecular weight excluding hydrogens is 200 g/mol. The molecule has 1 heterocycles. The lowest BCUT2D eigenvalue weighted by molar-refractivity contribution is 0.588. The predicted octanol–water partition coefficient (Wildman–Crippen LogP) is 2.16. The molecule has 2 N–H and O–H groups in total. The van der Waals surface area contributed by atoms with Crippen LogP contribution < -0.4 is 4.72 Å². The Balaban J connectivity index is 0.000000293. The van der Waals surface area contributed by atoms with E-state index >= 15 is 0 Å². The molecule has 0 saturated heterocycles. The molecule has 1 aromatic carbocycles. The van der Waals surface area contributed by atoms with Crippen LogP contribution in [0, 0.1) is 5.53 Å². The van der Waals surface area contributed by atoms with Crippen LogP contribution in [0.3, 0.4) is 0 Å². The number of rotatable bonds is 0. The highest BCUT2D eigenvalue weighted by Gasteiger charge is 2.16. The quantitative estimate of drug-likeness (QED) is 0.296. The number of nitrogens with one attached hydrogen (secondary N) is 2. The maximum Gasteiger partial charge on any atom is 0.187 e.